The molecule has 1 atom stereocenters. The number of halogens is 1. The smallest absolute Gasteiger partial charge is 0.156 e. The highest BCUT2D eigenvalue weighted by Crippen LogP contribution is 2.21. The summed E-state index contributed by atoms with van der Waals surface area (Å²) in [5.41, 5.74) is 6.74. The number of hydrogen-bond donors (Lipinski definition) is 2. The molecule has 0 fully saturated rings. The zero-order valence-corrected chi connectivity index (χ0v) is 8.02. The highest BCUT2D eigenvalue weighted by Gasteiger charge is 2.15. The SMILES string of the molecule is NC(CO)c1nc2cnccn2c1Cl. The number of rotatable bonds is 2. The molecule has 74 valence electrons. The van der Waals surface area contributed by atoms with E-state index in [1.807, 2.05) is 0 Å². The van der Waals surface area contributed by atoms with Crippen molar-refractivity contribution in [3.8, 4) is 0 Å². The highest BCUT2D eigenvalue weighted by atomic mass is 35.5. The van der Waals surface area contributed by atoms with Crippen molar-refractivity contribution in [2.45, 2.75) is 6.04 Å². The zero-order valence-electron chi connectivity index (χ0n) is 7.26. The lowest BCUT2D eigenvalue weighted by Crippen LogP contribution is -2.15. The summed E-state index contributed by atoms with van der Waals surface area (Å²) in [6.07, 6.45) is 4.88. The molecule has 5 nitrogen and oxygen atoms in total. The summed E-state index contributed by atoms with van der Waals surface area (Å²) in [6.45, 7) is -0.184. The van der Waals surface area contributed by atoms with Gasteiger partial charge in [-0.15, -0.1) is 0 Å². The van der Waals surface area contributed by atoms with E-state index in [0.717, 1.165) is 0 Å². The Morgan fingerprint density at radius 1 is 1.64 bits per heavy atom. The Balaban J connectivity index is 2.62. The Hall–Kier alpha value is -1.17. The van der Waals surface area contributed by atoms with Crippen LogP contribution in [0.15, 0.2) is 18.6 Å². The molecule has 0 radical (unpaired) electrons. The van der Waals surface area contributed by atoms with Gasteiger partial charge in [0, 0.05) is 12.4 Å². The number of imidazole rings is 1. The summed E-state index contributed by atoms with van der Waals surface area (Å²) in [7, 11) is 0. The van der Waals surface area contributed by atoms with Crippen molar-refractivity contribution in [1.29, 1.82) is 0 Å². The van der Waals surface area contributed by atoms with Gasteiger partial charge in [-0.2, -0.15) is 0 Å². The van der Waals surface area contributed by atoms with E-state index in [2.05, 4.69) is 9.97 Å². The number of nitrogens with two attached hydrogens (primary N) is 1. The molecule has 0 aliphatic carbocycles. The van der Waals surface area contributed by atoms with Crippen molar-refractivity contribution in [2.24, 2.45) is 5.73 Å². The van der Waals surface area contributed by atoms with Crippen LogP contribution in [0.5, 0.6) is 0 Å². The van der Waals surface area contributed by atoms with Crippen LogP contribution in [0.3, 0.4) is 0 Å². The predicted molar refractivity (Wildman–Crippen MR) is 52.0 cm³/mol. The molecule has 6 heteroatoms. The lowest BCUT2D eigenvalue weighted by atomic mass is 10.2. The number of aromatic nitrogens is 3. The molecule has 0 bridgehead atoms. The molecular formula is C8H9ClN4O. The van der Waals surface area contributed by atoms with E-state index in [-0.39, 0.29) is 6.61 Å². The van der Waals surface area contributed by atoms with Gasteiger partial charge in [0.2, 0.25) is 0 Å². The molecule has 2 aromatic rings. The Kier molecular flexibility index (Phi) is 2.37. The van der Waals surface area contributed by atoms with Gasteiger partial charge in [0.25, 0.3) is 0 Å². The highest BCUT2D eigenvalue weighted by molar-refractivity contribution is 6.30. The van der Waals surface area contributed by atoms with Crippen LogP contribution < -0.4 is 5.73 Å². The zero-order chi connectivity index (χ0) is 10.1. The average molecular weight is 213 g/mol. The lowest BCUT2D eigenvalue weighted by molar-refractivity contribution is 0.266. The molecule has 14 heavy (non-hydrogen) atoms. The van der Waals surface area contributed by atoms with Crippen molar-refractivity contribution >= 4 is 17.2 Å². The van der Waals surface area contributed by atoms with Crippen molar-refractivity contribution in [1.82, 2.24) is 14.4 Å². The summed E-state index contributed by atoms with van der Waals surface area (Å²) in [4.78, 5) is 8.07. The molecule has 0 aliphatic rings. The molecule has 0 aromatic carbocycles. The second-order valence-electron chi connectivity index (χ2n) is 2.88. The number of aliphatic hydroxyl groups excluding tert-OH is 1. The first-order valence-electron chi connectivity index (χ1n) is 4.08. The number of nitrogens with zero attached hydrogens (tertiary/aromatic N) is 3. The van der Waals surface area contributed by atoms with E-state index < -0.39 is 6.04 Å². The number of aliphatic hydroxyl groups is 1. The van der Waals surface area contributed by atoms with Crippen LogP contribution in [0.4, 0.5) is 0 Å². The summed E-state index contributed by atoms with van der Waals surface area (Å²) in [5, 5.41) is 9.31. The predicted octanol–water partition coefficient (Wildman–Crippen LogP) is 0.375. The monoisotopic (exact) mass is 212 g/mol. The Morgan fingerprint density at radius 3 is 3.07 bits per heavy atom. The van der Waals surface area contributed by atoms with Gasteiger partial charge in [-0.1, -0.05) is 11.6 Å². The Bertz CT molecular complexity index is 456. The molecule has 0 saturated heterocycles. The third kappa shape index (κ3) is 1.35. The van der Waals surface area contributed by atoms with Gasteiger partial charge >= 0.3 is 0 Å². The maximum Gasteiger partial charge on any atom is 0.156 e. The van der Waals surface area contributed by atoms with E-state index in [0.29, 0.717) is 16.5 Å². The average Bonchev–Trinajstić information content (AvgIpc) is 2.56. The van der Waals surface area contributed by atoms with E-state index in [9.17, 15) is 0 Å². The third-order valence-corrected chi connectivity index (χ3v) is 2.32. The summed E-state index contributed by atoms with van der Waals surface area (Å²) in [6, 6.07) is -0.553. The third-order valence-electron chi connectivity index (χ3n) is 1.94. The van der Waals surface area contributed by atoms with Gasteiger partial charge in [0.05, 0.1) is 24.5 Å². The summed E-state index contributed by atoms with van der Waals surface area (Å²) < 4.78 is 1.67. The van der Waals surface area contributed by atoms with Crippen molar-refractivity contribution < 1.29 is 5.11 Å². The normalized spacial score (nSPS) is 13.4. The molecule has 0 saturated carbocycles. The van der Waals surface area contributed by atoms with Gasteiger partial charge < -0.3 is 10.8 Å². The lowest BCUT2D eigenvalue weighted by Gasteiger charge is -2.03. The largest absolute Gasteiger partial charge is 0.394 e. The molecule has 1 unspecified atom stereocenters. The Morgan fingerprint density at radius 2 is 2.43 bits per heavy atom. The molecule has 2 rings (SSSR count). The van der Waals surface area contributed by atoms with Crippen LogP contribution in [-0.2, 0) is 0 Å². The van der Waals surface area contributed by atoms with Crippen LogP contribution in [-0.4, -0.2) is 26.1 Å². The van der Waals surface area contributed by atoms with E-state index in [1.165, 1.54) is 0 Å². The number of hydrogen-bond acceptors (Lipinski definition) is 4. The Labute approximate surface area is 85.2 Å². The van der Waals surface area contributed by atoms with Gasteiger partial charge in [0.15, 0.2) is 5.65 Å². The fraction of sp³-hybridized carbons (Fsp3) is 0.250. The van der Waals surface area contributed by atoms with Crippen LogP contribution in [0.1, 0.15) is 11.7 Å². The molecule has 0 spiro atoms. The molecule has 2 heterocycles. The topological polar surface area (TPSA) is 76.4 Å². The summed E-state index contributed by atoms with van der Waals surface area (Å²) >= 11 is 6.01. The van der Waals surface area contributed by atoms with Crippen molar-refractivity contribution in [3.05, 3.63) is 29.4 Å². The van der Waals surface area contributed by atoms with Gasteiger partial charge in [-0.25, -0.2) is 4.98 Å². The second-order valence-corrected chi connectivity index (χ2v) is 3.24. The first-order chi connectivity index (χ1) is 6.74. The quantitative estimate of drug-likeness (QED) is 0.755. The first-order valence-corrected chi connectivity index (χ1v) is 4.45. The standard InChI is InChI=1S/C8H9ClN4O/c9-8-7(5(10)4-14)12-6-3-11-1-2-13(6)8/h1-3,5,14H,4,10H2. The molecule has 2 aromatic heterocycles. The summed E-state index contributed by atoms with van der Waals surface area (Å²) in [5.74, 6) is 0. The minimum Gasteiger partial charge on any atom is -0.394 e. The van der Waals surface area contributed by atoms with Crippen molar-refractivity contribution in [3.63, 3.8) is 0 Å². The minimum atomic E-state index is -0.553. The fourth-order valence-corrected chi connectivity index (χ4v) is 1.54. The van der Waals surface area contributed by atoms with Crippen LogP contribution in [0.2, 0.25) is 5.15 Å². The fourth-order valence-electron chi connectivity index (χ4n) is 1.22. The molecular weight excluding hydrogens is 204 g/mol. The van der Waals surface area contributed by atoms with E-state index in [1.54, 1.807) is 23.0 Å². The molecule has 0 aliphatic heterocycles. The van der Waals surface area contributed by atoms with Crippen LogP contribution in [0.25, 0.3) is 5.65 Å². The van der Waals surface area contributed by atoms with Gasteiger partial charge in [-0.05, 0) is 0 Å². The maximum absolute atomic E-state index is 8.89. The van der Waals surface area contributed by atoms with Crippen molar-refractivity contribution in [2.75, 3.05) is 6.61 Å². The van der Waals surface area contributed by atoms with Crippen LogP contribution in [0, 0.1) is 0 Å². The maximum atomic E-state index is 8.89. The second kappa shape index (κ2) is 3.53. The molecule has 3 N–H and O–H groups in total. The van der Waals surface area contributed by atoms with Crippen LogP contribution >= 0.6 is 11.6 Å². The van der Waals surface area contributed by atoms with E-state index >= 15 is 0 Å². The first kappa shape index (κ1) is 9.39. The molecule has 0 amide bonds. The minimum absolute atomic E-state index is 0.184. The van der Waals surface area contributed by atoms with Gasteiger partial charge in [0.1, 0.15) is 5.15 Å². The van der Waals surface area contributed by atoms with Gasteiger partial charge in [-0.3, -0.25) is 9.38 Å². The number of fused-ring (bicyclic) bond motifs is 1. The van der Waals surface area contributed by atoms with E-state index in [4.69, 9.17) is 22.4 Å².